The molecule has 0 radical (unpaired) electrons. The second-order valence-corrected chi connectivity index (χ2v) is 9.80. The average Bonchev–Trinajstić information content (AvgIpc) is 3.43. The molecule has 2 aromatic carbocycles. The van der Waals surface area contributed by atoms with Crippen molar-refractivity contribution in [2.24, 2.45) is 0 Å². The Morgan fingerprint density at radius 2 is 1.91 bits per heavy atom. The van der Waals surface area contributed by atoms with Crippen LogP contribution < -0.4 is 14.4 Å². The van der Waals surface area contributed by atoms with E-state index in [1.54, 1.807) is 25.6 Å². The molecular weight excluding hydrogens is 458 g/mol. The Bertz CT molecular complexity index is 1280. The molecule has 3 heterocycles. The highest BCUT2D eigenvalue weighted by Crippen LogP contribution is 2.34. The van der Waals surface area contributed by atoms with Crippen LogP contribution in [-0.2, 0) is 13.1 Å². The quantitative estimate of drug-likeness (QED) is 0.325. The normalized spacial score (nSPS) is 16.4. The van der Waals surface area contributed by atoms with Crippen molar-refractivity contribution < 1.29 is 9.47 Å². The van der Waals surface area contributed by atoms with Crippen molar-refractivity contribution in [2.75, 3.05) is 32.7 Å². The third-order valence-electron chi connectivity index (χ3n) is 6.55. The highest BCUT2D eigenvalue weighted by molar-refractivity contribution is 7.09. The van der Waals surface area contributed by atoms with Gasteiger partial charge in [-0.05, 0) is 49.2 Å². The lowest BCUT2D eigenvalue weighted by molar-refractivity contribution is 0.137. The Kier molecular flexibility index (Phi) is 7.11. The van der Waals surface area contributed by atoms with Gasteiger partial charge in [0.2, 0.25) is 0 Å². The molecule has 8 heteroatoms. The number of para-hydroxylation sites is 1. The second kappa shape index (κ2) is 10.6. The second-order valence-electron chi connectivity index (χ2n) is 8.88. The van der Waals surface area contributed by atoms with Crippen molar-refractivity contribution in [2.45, 2.75) is 38.4 Å². The first kappa shape index (κ1) is 23.5. The summed E-state index contributed by atoms with van der Waals surface area (Å²) in [6.45, 7) is 2.44. The first-order chi connectivity index (χ1) is 17.2. The number of fused-ring (bicyclic) bond motifs is 1. The summed E-state index contributed by atoms with van der Waals surface area (Å²) >= 11 is 1.74. The Hall–Kier alpha value is -3.23. The minimum absolute atomic E-state index is 0.340. The maximum absolute atomic E-state index is 5.50. The molecule has 0 N–H and O–H groups in total. The van der Waals surface area contributed by atoms with Crippen LogP contribution in [0.3, 0.4) is 0 Å². The fraction of sp³-hybridized carbons (Fsp3) is 0.370. The molecule has 1 aliphatic rings. The van der Waals surface area contributed by atoms with E-state index in [0.29, 0.717) is 19.1 Å². The predicted octanol–water partition coefficient (Wildman–Crippen LogP) is 5.47. The smallest absolute Gasteiger partial charge is 0.161 e. The van der Waals surface area contributed by atoms with Gasteiger partial charge in [-0.2, -0.15) is 0 Å². The number of hydrogen-bond donors (Lipinski definition) is 0. The van der Waals surface area contributed by atoms with Crippen LogP contribution in [-0.4, -0.2) is 47.7 Å². The Balaban J connectivity index is 1.44. The summed E-state index contributed by atoms with van der Waals surface area (Å²) in [7, 11) is 5.39. The summed E-state index contributed by atoms with van der Waals surface area (Å²) in [5.74, 6) is 3.24. The lowest BCUT2D eigenvalue weighted by Crippen LogP contribution is -2.33. The van der Waals surface area contributed by atoms with Gasteiger partial charge in [-0.15, -0.1) is 11.3 Å². The van der Waals surface area contributed by atoms with Crippen molar-refractivity contribution in [1.82, 2.24) is 19.9 Å². The molecule has 1 fully saturated rings. The first-order valence-electron chi connectivity index (χ1n) is 12.0. The van der Waals surface area contributed by atoms with Gasteiger partial charge in [0.1, 0.15) is 16.6 Å². The topological polar surface area (TPSA) is 63.6 Å². The summed E-state index contributed by atoms with van der Waals surface area (Å²) in [5, 5.41) is 4.31. The lowest BCUT2D eigenvalue weighted by atomic mass is 10.0. The van der Waals surface area contributed by atoms with Crippen LogP contribution in [0.5, 0.6) is 11.5 Å². The molecule has 0 spiro atoms. The van der Waals surface area contributed by atoms with Crippen LogP contribution >= 0.6 is 11.3 Å². The predicted molar refractivity (Wildman–Crippen MR) is 140 cm³/mol. The number of ether oxygens (including phenoxy) is 2. The van der Waals surface area contributed by atoms with Gasteiger partial charge in [0, 0.05) is 30.6 Å². The molecule has 0 amide bonds. The number of likely N-dealkylation sites (tertiary alicyclic amines) is 1. The van der Waals surface area contributed by atoms with Crippen molar-refractivity contribution in [1.29, 1.82) is 0 Å². The molecule has 0 unspecified atom stereocenters. The molecular formula is C27H31N5O2S. The molecule has 182 valence electrons. The van der Waals surface area contributed by atoms with E-state index in [2.05, 4.69) is 45.4 Å². The minimum atomic E-state index is 0.340. The van der Waals surface area contributed by atoms with Crippen LogP contribution in [0, 0.1) is 0 Å². The van der Waals surface area contributed by atoms with Crippen molar-refractivity contribution in [3.63, 3.8) is 0 Å². The molecule has 2 aromatic heterocycles. The molecule has 4 aromatic rings. The fourth-order valence-electron chi connectivity index (χ4n) is 4.84. The van der Waals surface area contributed by atoms with Crippen LogP contribution in [0.4, 0.5) is 5.82 Å². The standard InChI is InChI=1S/C27H31N5O2S/c1-31(17-19-11-12-23(33-2)24(16-19)34-3)26-20-8-4-5-9-21(20)29-25(30-26)18-32-14-7-6-10-22(32)27-28-13-15-35-27/h4-5,8-9,11-13,15-16,22H,6-7,10,14,17-18H2,1-3H3/t22-/m0/s1. The van der Waals surface area contributed by atoms with E-state index in [9.17, 15) is 0 Å². The van der Waals surface area contributed by atoms with Gasteiger partial charge in [0.25, 0.3) is 0 Å². The Labute approximate surface area is 210 Å². The highest BCUT2D eigenvalue weighted by atomic mass is 32.1. The van der Waals surface area contributed by atoms with Crippen LogP contribution in [0.2, 0.25) is 0 Å². The summed E-state index contributed by atoms with van der Waals surface area (Å²) in [5.41, 5.74) is 2.09. The fourth-order valence-corrected chi connectivity index (χ4v) is 5.64. The van der Waals surface area contributed by atoms with Gasteiger partial charge in [-0.1, -0.05) is 24.6 Å². The van der Waals surface area contributed by atoms with E-state index in [-0.39, 0.29) is 0 Å². The summed E-state index contributed by atoms with van der Waals surface area (Å²) in [4.78, 5) is 19.3. The average molecular weight is 490 g/mol. The molecule has 0 aliphatic carbocycles. The summed E-state index contributed by atoms with van der Waals surface area (Å²) < 4.78 is 10.9. The number of thiazole rings is 1. The zero-order chi connectivity index (χ0) is 24.2. The number of nitrogens with zero attached hydrogens (tertiary/aromatic N) is 5. The number of hydrogen-bond acceptors (Lipinski definition) is 8. The SMILES string of the molecule is COc1ccc(CN(C)c2nc(CN3CCCC[C@H]3c3nccs3)nc3ccccc23)cc1OC. The molecule has 35 heavy (non-hydrogen) atoms. The summed E-state index contributed by atoms with van der Waals surface area (Å²) in [6, 6.07) is 14.6. The lowest BCUT2D eigenvalue weighted by Gasteiger charge is -2.34. The molecule has 0 saturated carbocycles. The number of piperidine rings is 1. The van der Waals surface area contributed by atoms with Crippen molar-refractivity contribution in [3.05, 3.63) is 70.4 Å². The molecule has 5 rings (SSSR count). The molecule has 1 atom stereocenters. The van der Waals surface area contributed by atoms with Gasteiger partial charge in [0.05, 0.1) is 32.3 Å². The van der Waals surface area contributed by atoms with E-state index in [1.807, 2.05) is 30.5 Å². The van der Waals surface area contributed by atoms with Gasteiger partial charge in [0.15, 0.2) is 11.5 Å². The maximum atomic E-state index is 5.50. The van der Waals surface area contributed by atoms with Crippen LogP contribution in [0.15, 0.2) is 54.0 Å². The zero-order valence-electron chi connectivity index (χ0n) is 20.5. The van der Waals surface area contributed by atoms with E-state index in [0.717, 1.165) is 52.6 Å². The first-order valence-corrected chi connectivity index (χ1v) is 12.9. The molecule has 1 aliphatic heterocycles. The van der Waals surface area contributed by atoms with Crippen LogP contribution in [0.1, 0.15) is 41.7 Å². The zero-order valence-corrected chi connectivity index (χ0v) is 21.3. The maximum Gasteiger partial charge on any atom is 0.161 e. The molecule has 7 nitrogen and oxygen atoms in total. The number of anilines is 1. The highest BCUT2D eigenvalue weighted by Gasteiger charge is 2.27. The number of benzene rings is 2. The number of methoxy groups -OCH3 is 2. The minimum Gasteiger partial charge on any atom is -0.493 e. The van der Waals surface area contributed by atoms with Crippen molar-refractivity contribution in [3.8, 4) is 11.5 Å². The number of aromatic nitrogens is 3. The summed E-state index contributed by atoms with van der Waals surface area (Å²) in [6.07, 6.45) is 5.47. The van der Waals surface area contributed by atoms with Crippen molar-refractivity contribution >= 4 is 28.1 Å². The molecule has 1 saturated heterocycles. The largest absolute Gasteiger partial charge is 0.493 e. The van der Waals surface area contributed by atoms with Gasteiger partial charge in [-0.3, -0.25) is 4.90 Å². The third kappa shape index (κ3) is 5.09. The molecule has 0 bridgehead atoms. The number of rotatable bonds is 8. The van der Waals surface area contributed by atoms with E-state index in [4.69, 9.17) is 19.4 Å². The monoisotopic (exact) mass is 489 g/mol. The van der Waals surface area contributed by atoms with E-state index >= 15 is 0 Å². The van der Waals surface area contributed by atoms with Gasteiger partial charge >= 0.3 is 0 Å². The van der Waals surface area contributed by atoms with Crippen LogP contribution in [0.25, 0.3) is 10.9 Å². The Morgan fingerprint density at radius 3 is 2.71 bits per heavy atom. The third-order valence-corrected chi connectivity index (χ3v) is 7.43. The van der Waals surface area contributed by atoms with E-state index < -0.39 is 0 Å². The van der Waals surface area contributed by atoms with E-state index in [1.165, 1.54) is 17.8 Å². The van der Waals surface area contributed by atoms with Gasteiger partial charge in [-0.25, -0.2) is 15.0 Å². The Morgan fingerprint density at radius 1 is 1.06 bits per heavy atom. The van der Waals surface area contributed by atoms with Gasteiger partial charge < -0.3 is 14.4 Å².